The summed E-state index contributed by atoms with van der Waals surface area (Å²) in [5, 5.41) is 12.3. The average Bonchev–Trinajstić information content (AvgIpc) is 2.47. The van der Waals surface area contributed by atoms with Gasteiger partial charge in [-0.15, -0.1) is 12.4 Å². The molecule has 132 valence electrons. The Morgan fingerprint density at radius 2 is 1.87 bits per heavy atom. The highest BCUT2D eigenvalue weighted by Crippen LogP contribution is 2.35. The Hall–Kier alpha value is -0.340. The van der Waals surface area contributed by atoms with Gasteiger partial charge in [0.2, 0.25) is 0 Å². The van der Waals surface area contributed by atoms with E-state index in [0.29, 0.717) is 22.9 Å². The van der Waals surface area contributed by atoms with Crippen LogP contribution in [-0.2, 0) is 6.18 Å². The molecule has 8 heteroatoms. The van der Waals surface area contributed by atoms with Crippen LogP contribution in [0.25, 0.3) is 0 Å². The molecule has 0 spiro atoms. The van der Waals surface area contributed by atoms with Crippen molar-refractivity contribution in [2.45, 2.75) is 25.1 Å². The van der Waals surface area contributed by atoms with Gasteiger partial charge in [0.15, 0.2) is 0 Å². The maximum absolute atomic E-state index is 13.0. The highest BCUT2D eigenvalue weighted by Gasteiger charge is 2.32. The second kappa shape index (κ2) is 9.22. The summed E-state index contributed by atoms with van der Waals surface area (Å²) in [6, 6.07) is 3.98. The molecular formula is C15H21BrClF3N2O. The molecule has 1 atom stereocenters. The van der Waals surface area contributed by atoms with E-state index < -0.39 is 11.7 Å². The van der Waals surface area contributed by atoms with E-state index in [1.165, 1.54) is 6.07 Å². The molecule has 1 fully saturated rings. The fraction of sp³-hybridized carbons (Fsp3) is 0.600. The molecule has 0 bridgehead atoms. The van der Waals surface area contributed by atoms with Crippen LogP contribution in [0.3, 0.4) is 0 Å². The van der Waals surface area contributed by atoms with Crippen LogP contribution in [0.15, 0.2) is 22.7 Å². The highest BCUT2D eigenvalue weighted by atomic mass is 79.9. The summed E-state index contributed by atoms with van der Waals surface area (Å²) in [5.41, 5.74) is 0.0121. The second-order valence-corrected chi connectivity index (χ2v) is 6.35. The van der Waals surface area contributed by atoms with Gasteiger partial charge in [-0.05, 0) is 36.6 Å². The maximum atomic E-state index is 13.0. The van der Waals surface area contributed by atoms with E-state index in [2.05, 4.69) is 26.1 Å². The molecule has 0 aromatic heterocycles. The number of rotatable bonds is 5. The average molecular weight is 418 g/mol. The van der Waals surface area contributed by atoms with Gasteiger partial charge < -0.3 is 10.4 Å². The number of piperazine rings is 1. The Balaban J connectivity index is 0.00000264. The van der Waals surface area contributed by atoms with Crippen molar-refractivity contribution in [3.63, 3.8) is 0 Å². The molecule has 1 aromatic carbocycles. The van der Waals surface area contributed by atoms with Crippen molar-refractivity contribution in [3.05, 3.63) is 33.8 Å². The van der Waals surface area contributed by atoms with E-state index in [-0.39, 0.29) is 25.1 Å². The minimum absolute atomic E-state index is 0. The molecule has 1 saturated heterocycles. The number of benzene rings is 1. The van der Waals surface area contributed by atoms with Crippen molar-refractivity contribution in [2.24, 2.45) is 0 Å². The highest BCUT2D eigenvalue weighted by molar-refractivity contribution is 9.10. The Morgan fingerprint density at radius 1 is 1.22 bits per heavy atom. The first-order chi connectivity index (χ1) is 10.4. The number of alkyl halides is 3. The Labute approximate surface area is 148 Å². The lowest BCUT2D eigenvalue weighted by Gasteiger charge is -2.35. The van der Waals surface area contributed by atoms with Crippen molar-refractivity contribution >= 4 is 28.3 Å². The van der Waals surface area contributed by atoms with Crippen molar-refractivity contribution < 1.29 is 18.3 Å². The lowest BCUT2D eigenvalue weighted by atomic mass is 9.97. The van der Waals surface area contributed by atoms with Gasteiger partial charge in [0.25, 0.3) is 0 Å². The smallest absolute Gasteiger partial charge is 0.396 e. The van der Waals surface area contributed by atoms with Crippen LogP contribution < -0.4 is 5.32 Å². The monoisotopic (exact) mass is 416 g/mol. The molecule has 1 aliphatic heterocycles. The Kier molecular flexibility index (Phi) is 8.30. The summed E-state index contributed by atoms with van der Waals surface area (Å²) in [7, 11) is 0. The van der Waals surface area contributed by atoms with Crippen LogP contribution in [0.1, 0.15) is 30.0 Å². The van der Waals surface area contributed by atoms with Crippen molar-refractivity contribution in [1.82, 2.24) is 10.2 Å². The second-order valence-electron chi connectivity index (χ2n) is 5.44. The number of aliphatic hydroxyl groups excluding tert-OH is 1. The van der Waals surface area contributed by atoms with E-state index in [1.807, 2.05) is 0 Å². The fourth-order valence-corrected chi connectivity index (χ4v) is 3.32. The van der Waals surface area contributed by atoms with Crippen molar-refractivity contribution in [1.29, 1.82) is 0 Å². The van der Waals surface area contributed by atoms with Crippen LogP contribution in [0, 0.1) is 0 Å². The largest absolute Gasteiger partial charge is 0.416 e. The zero-order valence-corrected chi connectivity index (χ0v) is 15.0. The molecule has 1 aliphatic rings. The van der Waals surface area contributed by atoms with Gasteiger partial charge in [-0.25, -0.2) is 0 Å². The van der Waals surface area contributed by atoms with E-state index in [4.69, 9.17) is 5.11 Å². The summed E-state index contributed by atoms with van der Waals surface area (Å²) < 4.78 is 39.5. The number of nitrogens with one attached hydrogen (secondary N) is 1. The van der Waals surface area contributed by atoms with E-state index in [0.717, 1.165) is 32.2 Å². The Morgan fingerprint density at radius 3 is 2.43 bits per heavy atom. The number of hydrogen-bond acceptors (Lipinski definition) is 3. The molecule has 1 aromatic rings. The molecule has 0 saturated carbocycles. The van der Waals surface area contributed by atoms with E-state index in [1.54, 1.807) is 6.07 Å². The topological polar surface area (TPSA) is 35.5 Å². The normalized spacial score (nSPS) is 17.6. The molecule has 2 N–H and O–H groups in total. The molecule has 0 radical (unpaired) electrons. The third-order valence-electron chi connectivity index (χ3n) is 3.86. The van der Waals surface area contributed by atoms with Gasteiger partial charge in [0.05, 0.1) is 5.56 Å². The summed E-state index contributed by atoms with van der Waals surface area (Å²) in [5.74, 6) is 0. The summed E-state index contributed by atoms with van der Waals surface area (Å²) in [4.78, 5) is 2.19. The van der Waals surface area contributed by atoms with Gasteiger partial charge in [0.1, 0.15) is 0 Å². The SMILES string of the molecule is Cl.OCCC[C@H](c1cc(Br)cc(C(F)(F)F)c1)N1CCNCC1. The summed E-state index contributed by atoms with van der Waals surface area (Å²) >= 11 is 3.19. The van der Waals surface area contributed by atoms with Gasteiger partial charge in [-0.2, -0.15) is 13.2 Å². The molecule has 23 heavy (non-hydrogen) atoms. The number of halogens is 5. The first-order valence-corrected chi connectivity index (χ1v) is 8.14. The minimum Gasteiger partial charge on any atom is -0.396 e. The fourth-order valence-electron chi connectivity index (χ4n) is 2.81. The van der Waals surface area contributed by atoms with Crippen LogP contribution >= 0.6 is 28.3 Å². The maximum Gasteiger partial charge on any atom is 0.416 e. The lowest BCUT2D eigenvalue weighted by Crippen LogP contribution is -2.45. The molecule has 0 amide bonds. The lowest BCUT2D eigenvalue weighted by molar-refractivity contribution is -0.137. The van der Waals surface area contributed by atoms with E-state index in [9.17, 15) is 13.2 Å². The van der Waals surface area contributed by atoms with Gasteiger partial charge in [-0.1, -0.05) is 15.9 Å². The van der Waals surface area contributed by atoms with E-state index >= 15 is 0 Å². The van der Waals surface area contributed by atoms with Gasteiger partial charge >= 0.3 is 6.18 Å². The molecule has 0 aliphatic carbocycles. The molecular weight excluding hydrogens is 397 g/mol. The zero-order valence-electron chi connectivity index (χ0n) is 12.6. The predicted molar refractivity (Wildman–Crippen MR) is 89.9 cm³/mol. The third-order valence-corrected chi connectivity index (χ3v) is 4.32. The number of hydrogen-bond donors (Lipinski definition) is 2. The van der Waals surface area contributed by atoms with Crippen molar-refractivity contribution in [2.75, 3.05) is 32.8 Å². The first kappa shape index (κ1) is 20.7. The summed E-state index contributed by atoms with van der Waals surface area (Å²) in [6.45, 7) is 3.29. The van der Waals surface area contributed by atoms with Gasteiger partial charge in [-0.3, -0.25) is 4.90 Å². The van der Waals surface area contributed by atoms with Crippen LogP contribution in [-0.4, -0.2) is 42.8 Å². The minimum atomic E-state index is -4.36. The molecule has 0 unspecified atom stereocenters. The Bertz CT molecular complexity index is 496. The summed E-state index contributed by atoms with van der Waals surface area (Å²) in [6.07, 6.45) is -3.14. The zero-order chi connectivity index (χ0) is 16.2. The van der Waals surface area contributed by atoms with Gasteiger partial charge in [0, 0.05) is 43.3 Å². The number of nitrogens with zero attached hydrogens (tertiary/aromatic N) is 1. The quantitative estimate of drug-likeness (QED) is 0.768. The van der Waals surface area contributed by atoms with Crippen molar-refractivity contribution in [3.8, 4) is 0 Å². The molecule has 1 heterocycles. The number of aliphatic hydroxyl groups is 1. The van der Waals surface area contributed by atoms with Crippen LogP contribution in [0.5, 0.6) is 0 Å². The molecule has 3 nitrogen and oxygen atoms in total. The predicted octanol–water partition coefficient (Wildman–Crippen LogP) is 3.61. The first-order valence-electron chi connectivity index (χ1n) is 7.35. The standard InChI is InChI=1S/C15H20BrF3N2O.ClH/c16-13-9-11(8-12(10-13)15(17,18)19)14(2-1-7-22)21-5-3-20-4-6-21;/h8-10,14,20,22H,1-7H2;1H/t14-;/m1./s1. The molecule has 2 rings (SSSR count). The third kappa shape index (κ3) is 5.90. The van der Waals surface area contributed by atoms with Crippen LogP contribution in [0.4, 0.5) is 13.2 Å². The van der Waals surface area contributed by atoms with Crippen LogP contribution in [0.2, 0.25) is 0 Å².